The molecular formula is C31H38BNO2. The first kappa shape index (κ1) is 25.5. The summed E-state index contributed by atoms with van der Waals surface area (Å²) in [4.78, 5) is 25.7. The maximum Gasteiger partial charge on any atom is 0.168 e. The molecule has 0 aliphatic heterocycles. The maximum absolute atomic E-state index is 14.2. The highest BCUT2D eigenvalue weighted by Crippen LogP contribution is 2.43. The molecule has 3 nitrogen and oxygen atoms in total. The lowest BCUT2D eigenvalue weighted by molar-refractivity contribution is -0.108. The Hall–Kier alpha value is -2.62. The standard InChI is InChI=1S/C31H38BNO2/c1-5-8-25(13-14-27-23(6-2)9-7-10-26(27)24-11-12-24)31(35)29-21(4)33(15-16-34)30-20(3)17-22(19-32)18-28(29)30/h7,9-10,16-18,24-25H,5-6,8,11-15,19H2,1-4H3. The van der Waals surface area contributed by atoms with Gasteiger partial charge in [0.05, 0.1) is 19.9 Å². The average molecular weight is 467 g/mol. The molecule has 2 aromatic carbocycles. The third-order valence-corrected chi connectivity index (χ3v) is 7.86. The summed E-state index contributed by atoms with van der Waals surface area (Å²) in [6.07, 6.45) is 8.61. The van der Waals surface area contributed by atoms with E-state index in [4.69, 9.17) is 7.85 Å². The minimum atomic E-state index is -0.0345. The van der Waals surface area contributed by atoms with Crippen LogP contribution in [-0.2, 0) is 30.5 Å². The lowest BCUT2D eigenvalue weighted by atomic mass is 9.84. The zero-order valence-electron chi connectivity index (χ0n) is 21.8. The molecule has 182 valence electrons. The van der Waals surface area contributed by atoms with Crippen molar-refractivity contribution in [3.05, 3.63) is 69.4 Å². The topological polar surface area (TPSA) is 39.1 Å². The number of aromatic nitrogens is 1. The van der Waals surface area contributed by atoms with Crippen LogP contribution in [0.1, 0.15) is 95.7 Å². The number of hydrogen-bond donors (Lipinski definition) is 0. The van der Waals surface area contributed by atoms with Gasteiger partial charge in [0.2, 0.25) is 0 Å². The molecule has 1 atom stereocenters. The quantitative estimate of drug-likeness (QED) is 0.167. The first-order valence-electron chi connectivity index (χ1n) is 13.4. The molecular weight excluding hydrogens is 429 g/mol. The van der Waals surface area contributed by atoms with Crippen LogP contribution in [-0.4, -0.2) is 24.5 Å². The van der Waals surface area contributed by atoms with E-state index in [1.807, 2.05) is 18.4 Å². The van der Waals surface area contributed by atoms with Crippen LogP contribution in [0.5, 0.6) is 0 Å². The van der Waals surface area contributed by atoms with Gasteiger partial charge in [0.15, 0.2) is 5.78 Å². The number of Topliss-reactive ketones (excluding diaryl/α,β-unsaturated/α-hetero) is 1. The van der Waals surface area contributed by atoms with Crippen molar-refractivity contribution in [2.75, 3.05) is 0 Å². The van der Waals surface area contributed by atoms with E-state index in [0.717, 1.165) is 71.7 Å². The highest BCUT2D eigenvalue weighted by atomic mass is 16.1. The lowest BCUT2D eigenvalue weighted by Crippen LogP contribution is -2.18. The Balaban J connectivity index is 1.73. The van der Waals surface area contributed by atoms with Crippen molar-refractivity contribution >= 4 is 30.8 Å². The Bertz CT molecular complexity index is 1230. The third-order valence-electron chi connectivity index (χ3n) is 7.86. The molecule has 0 N–H and O–H groups in total. The summed E-state index contributed by atoms with van der Waals surface area (Å²) in [5, 5.41) is 0.948. The van der Waals surface area contributed by atoms with Gasteiger partial charge in [-0.25, -0.2) is 0 Å². The van der Waals surface area contributed by atoms with Gasteiger partial charge in [-0.1, -0.05) is 56.4 Å². The fraction of sp³-hybridized carbons (Fsp3) is 0.484. The number of benzene rings is 2. The predicted molar refractivity (Wildman–Crippen MR) is 146 cm³/mol. The van der Waals surface area contributed by atoms with Gasteiger partial charge in [-0.05, 0) is 86.6 Å². The smallest absolute Gasteiger partial charge is 0.168 e. The number of ketones is 1. The second kappa shape index (κ2) is 11.0. The molecule has 0 bridgehead atoms. The molecule has 1 aliphatic carbocycles. The molecule has 1 unspecified atom stereocenters. The predicted octanol–water partition coefficient (Wildman–Crippen LogP) is 6.80. The first-order valence-corrected chi connectivity index (χ1v) is 13.4. The summed E-state index contributed by atoms with van der Waals surface area (Å²) in [7, 11) is 5.98. The summed E-state index contributed by atoms with van der Waals surface area (Å²) >= 11 is 0. The van der Waals surface area contributed by atoms with Crippen LogP contribution in [0.2, 0.25) is 0 Å². The summed E-state index contributed by atoms with van der Waals surface area (Å²) in [5.74, 6) is 0.889. The van der Waals surface area contributed by atoms with Gasteiger partial charge < -0.3 is 9.36 Å². The van der Waals surface area contributed by atoms with Gasteiger partial charge in [0, 0.05) is 22.6 Å². The fourth-order valence-electron chi connectivity index (χ4n) is 5.98. The van der Waals surface area contributed by atoms with Crippen molar-refractivity contribution in [2.45, 2.75) is 91.4 Å². The highest BCUT2D eigenvalue weighted by molar-refractivity contribution is 6.12. The van der Waals surface area contributed by atoms with Crippen molar-refractivity contribution in [2.24, 2.45) is 5.92 Å². The Morgan fingerprint density at radius 3 is 2.57 bits per heavy atom. The van der Waals surface area contributed by atoms with Crippen LogP contribution in [0.4, 0.5) is 0 Å². The molecule has 0 spiro atoms. The highest BCUT2D eigenvalue weighted by Gasteiger charge is 2.29. The number of nitrogens with zero attached hydrogens (tertiary/aromatic N) is 1. The van der Waals surface area contributed by atoms with Gasteiger partial charge in [-0.3, -0.25) is 4.79 Å². The Morgan fingerprint density at radius 1 is 1.17 bits per heavy atom. The Labute approximate surface area is 211 Å². The van der Waals surface area contributed by atoms with Gasteiger partial charge in [0.25, 0.3) is 0 Å². The second-order valence-electron chi connectivity index (χ2n) is 10.3. The van der Waals surface area contributed by atoms with Crippen molar-refractivity contribution in [1.29, 1.82) is 0 Å². The van der Waals surface area contributed by atoms with E-state index in [2.05, 4.69) is 44.2 Å². The molecule has 35 heavy (non-hydrogen) atoms. The number of carbonyl (C=O) groups is 2. The molecule has 4 rings (SSSR count). The number of fused-ring (bicyclic) bond motifs is 1. The van der Waals surface area contributed by atoms with Crippen LogP contribution in [0.15, 0.2) is 30.3 Å². The Kier molecular flexibility index (Phi) is 7.99. The molecule has 4 heteroatoms. The van der Waals surface area contributed by atoms with E-state index in [-0.39, 0.29) is 18.2 Å². The maximum atomic E-state index is 14.2. The molecule has 1 heterocycles. The summed E-state index contributed by atoms with van der Waals surface area (Å²) < 4.78 is 2.01. The van der Waals surface area contributed by atoms with E-state index in [1.54, 1.807) is 0 Å². The molecule has 0 saturated heterocycles. The van der Waals surface area contributed by atoms with E-state index >= 15 is 0 Å². The SMILES string of the molecule is [B]Cc1cc(C)c2c(c1)c(C(=O)C(CCC)CCc1c(CC)cccc1C1CC1)c(C)n2CC=O. The molecule has 1 saturated carbocycles. The number of carbonyl (C=O) groups excluding carboxylic acids is 2. The molecule has 3 aromatic rings. The van der Waals surface area contributed by atoms with Crippen molar-refractivity contribution < 1.29 is 9.59 Å². The minimum Gasteiger partial charge on any atom is -0.337 e. The molecule has 1 aromatic heterocycles. The van der Waals surface area contributed by atoms with Crippen LogP contribution in [0.25, 0.3) is 10.9 Å². The van der Waals surface area contributed by atoms with Crippen LogP contribution < -0.4 is 0 Å². The van der Waals surface area contributed by atoms with E-state index in [1.165, 1.54) is 29.5 Å². The van der Waals surface area contributed by atoms with Crippen molar-refractivity contribution in [3.8, 4) is 0 Å². The number of aryl methyl sites for hydroxylation is 2. The van der Waals surface area contributed by atoms with E-state index < -0.39 is 0 Å². The van der Waals surface area contributed by atoms with Crippen molar-refractivity contribution in [3.63, 3.8) is 0 Å². The zero-order valence-corrected chi connectivity index (χ0v) is 21.8. The molecule has 1 aliphatic rings. The van der Waals surface area contributed by atoms with Gasteiger partial charge in [-0.2, -0.15) is 0 Å². The zero-order chi connectivity index (χ0) is 25.1. The van der Waals surface area contributed by atoms with Crippen LogP contribution in [0, 0.1) is 19.8 Å². The first-order chi connectivity index (χ1) is 16.9. The van der Waals surface area contributed by atoms with E-state index in [9.17, 15) is 9.59 Å². The fourth-order valence-corrected chi connectivity index (χ4v) is 5.98. The van der Waals surface area contributed by atoms with Crippen LogP contribution in [0.3, 0.4) is 0 Å². The van der Waals surface area contributed by atoms with Gasteiger partial charge in [-0.15, -0.1) is 0 Å². The average Bonchev–Trinajstić information content (AvgIpc) is 3.66. The monoisotopic (exact) mass is 467 g/mol. The summed E-state index contributed by atoms with van der Waals surface area (Å²) in [6, 6.07) is 10.9. The molecule has 2 radical (unpaired) electrons. The normalized spacial score (nSPS) is 14.4. The van der Waals surface area contributed by atoms with Gasteiger partial charge >= 0.3 is 0 Å². The van der Waals surface area contributed by atoms with Crippen LogP contribution >= 0.6 is 0 Å². The Morgan fingerprint density at radius 2 is 1.94 bits per heavy atom. The van der Waals surface area contributed by atoms with Gasteiger partial charge in [0.1, 0.15) is 6.29 Å². The molecule has 0 amide bonds. The lowest BCUT2D eigenvalue weighted by Gasteiger charge is -2.19. The van der Waals surface area contributed by atoms with E-state index in [0.29, 0.717) is 12.2 Å². The van der Waals surface area contributed by atoms with Crippen molar-refractivity contribution in [1.82, 2.24) is 4.57 Å². The third kappa shape index (κ3) is 5.03. The second-order valence-corrected chi connectivity index (χ2v) is 10.3. The molecule has 1 fully saturated rings. The number of aldehydes is 1. The number of hydrogen-bond acceptors (Lipinski definition) is 2. The number of rotatable bonds is 12. The largest absolute Gasteiger partial charge is 0.337 e. The summed E-state index contributed by atoms with van der Waals surface area (Å²) in [6.45, 7) is 8.67. The summed E-state index contributed by atoms with van der Waals surface area (Å²) in [5.41, 5.74) is 9.15. The minimum absolute atomic E-state index is 0.0345.